The molecule has 2 aliphatic rings. The van der Waals surface area contributed by atoms with Gasteiger partial charge in [0.25, 0.3) is 5.24 Å². The van der Waals surface area contributed by atoms with Crippen LogP contribution in [-0.4, -0.2) is 28.0 Å². The third-order valence-corrected chi connectivity index (χ3v) is 5.46. The van der Waals surface area contributed by atoms with Gasteiger partial charge in [-0.05, 0) is 18.9 Å². The Kier molecular flexibility index (Phi) is 2.97. The second-order valence-electron chi connectivity index (χ2n) is 5.38. The van der Waals surface area contributed by atoms with Gasteiger partial charge in [0, 0.05) is 5.25 Å². The van der Waals surface area contributed by atoms with Crippen LogP contribution in [0.3, 0.4) is 0 Å². The van der Waals surface area contributed by atoms with Gasteiger partial charge in [-0.3, -0.25) is 14.5 Å². The number of aromatic nitrogens is 1. The van der Waals surface area contributed by atoms with E-state index in [9.17, 15) is 18.4 Å². The Hall–Kier alpha value is -1.96. The number of anilines is 1. The van der Waals surface area contributed by atoms with E-state index in [2.05, 4.69) is 5.16 Å². The van der Waals surface area contributed by atoms with E-state index in [-0.39, 0.29) is 39.6 Å². The Morgan fingerprint density at radius 2 is 2.18 bits per heavy atom. The second kappa shape index (κ2) is 4.77. The number of rotatable bonds is 2. The Morgan fingerprint density at radius 3 is 2.95 bits per heavy atom. The molecular formula is C14H10F2N2O3S. The van der Waals surface area contributed by atoms with Crippen LogP contribution in [0.25, 0.3) is 11.0 Å². The monoisotopic (exact) mass is 324 g/mol. The van der Waals surface area contributed by atoms with Gasteiger partial charge < -0.3 is 4.52 Å². The number of carbonyl (C=O) groups is 2. The Labute approximate surface area is 127 Å². The lowest BCUT2D eigenvalue weighted by atomic mass is 10.1. The fraction of sp³-hybridized carbons (Fsp3) is 0.357. The maximum absolute atomic E-state index is 13.9. The molecule has 1 aromatic heterocycles. The van der Waals surface area contributed by atoms with Gasteiger partial charge in [0.1, 0.15) is 0 Å². The molecular weight excluding hydrogens is 314 g/mol. The van der Waals surface area contributed by atoms with Crippen molar-refractivity contribution < 1.29 is 22.9 Å². The van der Waals surface area contributed by atoms with Gasteiger partial charge in [-0.15, -0.1) is 0 Å². The molecule has 1 aromatic carbocycles. The summed E-state index contributed by atoms with van der Waals surface area (Å²) >= 11 is 1.24. The molecule has 2 aromatic rings. The van der Waals surface area contributed by atoms with Gasteiger partial charge in [0.05, 0.1) is 17.0 Å². The van der Waals surface area contributed by atoms with E-state index in [4.69, 9.17) is 4.52 Å². The van der Waals surface area contributed by atoms with Crippen LogP contribution in [0.1, 0.15) is 29.6 Å². The molecule has 2 atom stereocenters. The molecule has 114 valence electrons. The molecule has 4 rings (SSSR count). The molecule has 22 heavy (non-hydrogen) atoms. The molecule has 5 nitrogen and oxygen atoms in total. The lowest BCUT2D eigenvalue weighted by molar-refractivity contribution is 0.111. The summed E-state index contributed by atoms with van der Waals surface area (Å²) < 4.78 is 32.5. The summed E-state index contributed by atoms with van der Waals surface area (Å²) in [7, 11) is 0. The molecule has 1 amide bonds. The highest BCUT2D eigenvalue weighted by Gasteiger charge is 2.46. The third-order valence-electron chi connectivity index (χ3n) is 4.21. The average molecular weight is 324 g/mol. The highest BCUT2D eigenvalue weighted by Crippen LogP contribution is 2.45. The van der Waals surface area contributed by atoms with Crippen molar-refractivity contribution in [3.8, 4) is 0 Å². The predicted octanol–water partition coefficient (Wildman–Crippen LogP) is 3.51. The Bertz CT molecular complexity index is 807. The summed E-state index contributed by atoms with van der Waals surface area (Å²) in [6.45, 7) is 0. The summed E-state index contributed by atoms with van der Waals surface area (Å²) in [6.07, 6.45) is 3.01. The number of hydrogen-bond donors (Lipinski definition) is 0. The molecule has 1 saturated carbocycles. The van der Waals surface area contributed by atoms with Crippen LogP contribution >= 0.6 is 11.8 Å². The normalized spacial score (nSPS) is 24.3. The molecule has 0 bridgehead atoms. The van der Waals surface area contributed by atoms with Gasteiger partial charge in [0.2, 0.25) is 11.4 Å². The summed E-state index contributed by atoms with van der Waals surface area (Å²) in [6, 6.07) is 1.16. The van der Waals surface area contributed by atoms with Crippen molar-refractivity contribution in [2.45, 2.75) is 30.6 Å². The molecule has 1 saturated heterocycles. The second-order valence-corrected chi connectivity index (χ2v) is 6.58. The minimum atomic E-state index is -1.27. The van der Waals surface area contributed by atoms with Crippen LogP contribution in [0.15, 0.2) is 10.6 Å². The van der Waals surface area contributed by atoms with Crippen molar-refractivity contribution in [2.24, 2.45) is 0 Å². The van der Waals surface area contributed by atoms with Crippen LogP contribution < -0.4 is 4.90 Å². The molecule has 2 heterocycles. The van der Waals surface area contributed by atoms with Crippen LogP contribution in [0.5, 0.6) is 0 Å². The number of halogens is 2. The summed E-state index contributed by atoms with van der Waals surface area (Å²) in [5.41, 5.74) is -0.797. The zero-order valence-corrected chi connectivity index (χ0v) is 12.0. The van der Waals surface area contributed by atoms with E-state index in [0.29, 0.717) is 0 Å². The standard InChI is InChI=1S/C14H10F2N2O3S/c15-10-6(5-19)4-7-12(11(10)16)21-17-13(7)18-8-2-1-3-9(8)22-14(18)20/h4-5,8-9H,1-3H2. The summed E-state index contributed by atoms with van der Waals surface area (Å²) in [5, 5.41) is 3.91. The van der Waals surface area contributed by atoms with Crippen LogP contribution in [0, 0.1) is 11.6 Å². The number of amides is 1. The number of nitrogens with zero attached hydrogens (tertiary/aromatic N) is 2. The van der Waals surface area contributed by atoms with E-state index in [1.807, 2.05) is 0 Å². The smallest absolute Gasteiger partial charge is 0.287 e. The van der Waals surface area contributed by atoms with Crippen molar-refractivity contribution >= 4 is 40.1 Å². The zero-order valence-electron chi connectivity index (χ0n) is 11.2. The summed E-state index contributed by atoms with van der Waals surface area (Å²) in [5.74, 6) is -2.38. The topological polar surface area (TPSA) is 63.4 Å². The molecule has 8 heteroatoms. The molecule has 2 fully saturated rings. The minimum absolute atomic E-state index is 0.0152. The van der Waals surface area contributed by atoms with E-state index >= 15 is 0 Å². The largest absolute Gasteiger partial charge is 0.351 e. The zero-order chi connectivity index (χ0) is 15.4. The van der Waals surface area contributed by atoms with Crippen molar-refractivity contribution in [3.05, 3.63) is 23.3 Å². The number of thioether (sulfide) groups is 1. The first kappa shape index (κ1) is 13.7. The first-order chi connectivity index (χ1) is 10.6. The third kappa shape index (κ3) is 1.73. The maximum Gasteiger partial charge on any atom is 0.287 e. The molecule has 0 radical (unpaired) electrons. The van der Waals surface area contributed by atoms with E-state index < -0.39 is 17.2 Å². The van der Waals surface area contributed by atoms with Crippen molar-refractivity contribution in [3.63, 3.8) is 0 Å². The van der Waals surface area contributed by atoms with Crippen LogP contribution in [0.4, 0.5) is 19.4 Å². The number of aldehydes is 1. The highest BCUT2D eigenvalue weighted by atomic mass is 32.2. The van der Waals surface area contributed by atoms with Crippen molar-refractivity contribution in [2.75, 3.05) is 4.90 Å². The van der Waals surface area contributed by atoms with E-state index in [1.54, 1.807) is 0 Å². The predicted molar refractivity (Wildman–Crippen MR) is 76.2 cm³/mol. The van der Waals surface area contributed by atoms with E-state index in [1.165, 1.54) is 22.7 Å². The first-order valence-corrected chi connectivity index (χ1v) is 7.72. The van der Waals surface area contributed by atoms with Crippen molar-refractivity contribution in [1.82, 2.24) is 5.16 Å². The fourth-order valence-corrected chi connectivity index (χ4v) is 4.48. The Morgan fingerprint density at radius 1 is 1.36 bits per heavy atom. The van der Waals surface area contributed by atoms with Gasteiger partial charge in [-0.2, -0.15) is 4.39 Å². The number of hydrogen-bond acceptors (Lipinski definition) is 5. The molecule has 1 aliphatic heterocycles. The minimum Gasteiger partial charge on any atom is -0.351 e. The first-order valence-electron chi connectivity index (χ1n) is 6.84. The fourth-order valence-electron chi connectivity index (χ4n) is 3.19. The summed E-state index contributed by atoms with van der Waals surface area (Å²) in [4.78, 5) is 24.6. The number of benzene rings is 1. The highest BCUT2D eigenvalue weighted by molar-refractivity contribution is 8.14. The number of fused-ring (bicyclic) bond motifs is 2. The van der Waals surface area contributed by atoms with Crippen LogP contribution in [-0.2, 0) is 0 Å². The molecule has 1 aliphatic carbocycles. The van der Waals surface area contributed by atoms with Crippen LogP contribution in [0.2, 0.25) is 0 Å². The molecule has 0 spiro atoms. The van der Waals surface area contributed by atoms with E-state index in [0.717, 1.165) is 19.3 Å². The Balaban J connectivity index is 1.91. The SMILES string of the molecule is O=Cc1cc2c(N3C(=O)SC4CCCC43)noc2c(F)c1F. The van der Waals surface area contributed by atoms with Crippen molar-refractivity contribution in [1.29, 1.82) is 0 Å². The maximum atomic E-state index is 13.9. The van der Waals surface area contributed by atoms with Gasteiger partial charge in [-0.1, -0.05) is 23.3 Å². The van der Waals surface area contributed by atoms with Gasteiger partial charge >= 0.3 is 0 Å². The number of carbonyl (C=O) groups excluding carboxylic acids is 2. The molecule has 0 N–H and O–H groups in total. The van der Waals surface area contributed by atoms with Gasteiger partial charge in [0.15, 0.2) is 17.9 Å². The molecule has 2 unspecified atom stereocenters. The van der Waals surface area contributed by atoms with Gasteiger partial charge in [-0.25, -0.2) is 4.39 Å². The quantitative estimate of drug-likeness (QED) is 0.791. The lowest BCUT2D eigenvalue weighted by Crippen LogP contribution is -2.34. The average Bonchev–Trinajstić information content (AvgIpc) is 3.17. The lowest BCUT2D eigenvalue weighted by Gasteiger charge is -2.19.